The fourth-order valence-electron chi connectivity index (χ4n) is 2.61. The van der Waals surface area contributed by atoms with Crippen molar-refractivity contribution in [1.82, 2.24) is 15.5 Å². The summed E-state index contributed by atoms with van der Waals surface area (Å²) >= 11 is 0. The fraction of sp³-hybridized carbons (Fsp3) is 1.00. The van der Waals surface area contributed by atoms with Gasteiger partial charge in [0.05, 0.1) is 0 Å². The molecule has 1 atom stereocenters. The van der Waals surface area contributed by atoms with Crippen molar-refractivity contribution in [1.29, 1.82) is 0 Å². The van der Waals surface area contributed by atoms with E-state index in [1.807, 2.05) is 0 Å². The minimum absolute atomic E-state index is 0.279. The van der Waals surface area contributed by atoms with E-state index in [1.54, 1.807) is 0 Å². The Morgan fingerprint density at radius 2 is 1.89 bits per heavy atom. The Hall–Kier alpha value is -0.120. The standard InChI is InChI=1S/C15H33N3/c1-5-6-7-8-14(2)17-13-15(3,4)18-11-9-16-10-12-18/h14,16-17H,5-13H2,1-4H3. The highest BCUT2D eigenvalue weighted by Crippen LogP contribution is 2.14. The first-order valence-electron chi connectivity index (χ1n) is 7.75. The minimum Gasteiger partial charge on any atom is -0.314 e. The molecule has 18 heavy (non-hydrogen) atoms. The van der Waals surface area contributed by atoms with E-state index in [0.29, 0.717) is 6.04 Å². The Kier molecular flexibility index (Phi) is 7.20. The van der Waals surface area contributed by atoms with Crippen molar-refractivity contribution in [3.05, 3.63) is 0 Å². The van der Waals surface area contributed by atoms with Crippen LogP contribution in [0, 0.1) is 0 Å². The second-order valence-corrected chi connectivity index (χ2v) is 6.33. The number of piperazine rings is 1. The van der Waals surface area contributed by atoms with E-state index in [0.717, 1.165) is 19.6 Å². The maximum atomic E-state index is 3.72. The lowest BCUT2D eigenvalue weighted by Crippen LogP contribution is -2.57. The molecular weight excluding hydrogens is 222 g/mol. The second-order valence-electron chi connectivity index (χ2n) is 6.33. The van der Waals surface area contributed by atoms with Crippen LogP contribution in [0.5, 0.6) is 0 Å². The van der Waals surface area contributed by atoms with Gasteiger partial charge in [0, 0.05) is 44.3 Å². The van der Waals surface area contributed by atoms with Gasteiger partial charge in [0.2, 0.25) is 0 Å². The molecule has 0 saturated carbocycles. The van der Waals surface area contributed by atoms with E-state index in [-0.39, 0.29) is 5.54 Å². The molecule has 0 spiro atoms. The summed E-state index contributed by atoms with van der Waals surface area (Å²) in [5, 5.41) is 7.14. The Bertz CT molecular complexity index is 210. The van der Waals surface area contributed by atoms with Crippen LogP contribution in [0.25, 0.3) is 0 Å². The zero-order chi connectivity index (χ0) is 13.4. The van der Waals surface area contributed by atoms with Crippen LogP contribution in [-0.4, -0.2) is 49.2 Å². The van der Waals surface area contributed by atoms with Crippen LogP contribution in [0.1, 0.15) is 53.4 Å². The van der Waals surface area contributed by atoms with Crippen molar-refractivity contribution in [3.63, 3.8) is 0 Å². The summed E-state index contributed by atoms with van der Waals surface area (Å²) in [7, 11) is 0. The zero-order valence-electron chi connectivity index (χ0n) is 12.9. The van der Waals surface area contributed by atoms with Gasteiger partial charge in [-0.25, -0.2) is 0 Å². The monoisotopic (exact) mass is 255 g/mol. The molecule has 0 aliphatic carbocycles. The number of nitrogens with zero attached hydrogens (tertiary/aromatic N) is 1. The number of nitrogens with one attached hydrogen (secondary N) is 2. The van der Waals surface area contributed by atoms with Gasteiger partial charge in [-0.2, -0.15) is 0 Å². The molecule has 1 aliphatic heterocycles. The van der Waals surface area contributed by atoms with Gasteiger partial charge >= 0.3 is 0 Å². The van der Waals surface area contributed by atoms with Crippen molar-refractivity contribution < 1.29 is 0 Å². The highest BCUT2D eigenvalue weighted by molar-refractivity contribution is 4.87. The SMILES string of the molecule is CCCCCC(C)NCC(C)(C)N1CCNCC1. The van der Waals surface area contributed by atoms with E-state index < -0.39 is 0 Å². The summed E-state index contributed by atoms with van der Waals surface area (Å²) < 4.78 is 0. The zero-order valence-corrected chi connectivity index (χ0v) is 12.9. The largest absolute Gasteiger partial charge is 0.314 e. The molecule has 1 saturated heterocycles. The first-order chi connectivity index (χ1) is 8.56. The van der Waals surface area contributed by atoms with E-state index >= 15 is 0 Å². The second kappa shape index (κ2) is 8.13. The van der Waals surface area contributed by atoms with Gasteiger partial charge in [0.1, 0.15) is 0 Å². The molecule has 2 N–H and O–H groups in total. The van der Waals surface area contributed by atoms with E-state index in [2.05, 4.69) is 43.2 Å². The summed E-state index contributed by atoms with van der Waals surface area (Å²) in [5.74, 6) is 0. The molecule has 0 aromatic carbocycles. The molecule has 1 aliphatic rings. The van der Waals surface area contributed by atoms with Gasteiger partial charge in [0.15, 0.2) is 0 Å². The van der Waals surface area contributed by atoms with E-state index in [1.165, 1.54) is 38.8 Å². The highest BCUT2D eigenvalue weighted by Gasteiger charge is 2.27. The van der Waals surface area contributed by atoms with Crippen LogP contribution >= 0.6 is 0 Å². The smallest absolute Gasteiger partial charge is 0.0278 e. The van der Waals surface area contributed by atoms with E-state index in [4.69, 9.17) is 0 Å². The summed E-state index contributed by atoms with van der Waals surface area (Å²) in [5.41, 5.74) is 0.279. The van der Waals surface area contributed by atoms with Gasteiger partial charge in [0.25, 0.3) is 0 Å². The van der Waals surface area contributed by atoms with Gasteiger partial charge in [-0.05, 0) is 27.2 Å². The minimum atomic E-state index is 0.279. The molecule has 1 rings (SSSR count). The van der Waals surface area contributed by atoms with Crippen molar-refractivity contribution in [3.8, 4) is 0 Å². The van der Waals surface area contributed by atoms with Crippen LogP contribution in [-0.2, 0) is 0 Å². The number of rotatable bonds is 8. The average Bonchev–Trinajstić information content (AvgIpc) is 2.38. The lowest BCUT2D eigenvalue weighted by molar-refractivity contribution is 0.0995. The van der Waals surface area contributed by atoms with Crippen molar-refractivity contribution in [2.24, 2.45) is 0 Å². The molecule has 0 aromatic rings. The van der Waals surface area contributed by atoms with Gasteiger partial charge < -0.3 is 10.6 Å². The Morgan fingerprint density at radius 3 is 2.50 bits per heavy atom. The van der Waals surface area contributed by atoms with Crippen molar-refractivity contribution in [2.75, 3.05) is 32.7 Å². The molecule has 0 aromatic heterocycles. The third-order valence-electron chi connectivity index (χ3n) is 4.10. The van der Waals surface area contributed by atoms with Gasteiger partial charge in [-0.3, -0.25) is 4.90 Å². The van der Waals surface area contributed by atoms with Crippen LogP contribution in [0.2, 0.25) is 0 Å². The third kappa shape index (κ3) is 5.68. The first-order valence-corrected chi connectivity index (χ1v) is 7.75. The molecule has 1 unspecified atom stereocenters. The van der Waals surface area contributed by atoms with Crippen LogP contribution in [0.4, 0.5) is 0 Å². The highest BCUT2D eigenvalue weighted by atomic mass is 15.2. The lowest BCUT2D eigenvalue weighted by atomic mass is 10.0. The molecule has 1 fully saturated rings. The fourth-order valence-corrected chi connectivity index (χ4v) is 2.61. The molecule has 3 heteroatoms. The molecule has 3 nitrogen and oxygen atoms in total. The maximum Gasteiger partial charge on any atom is 0.0278 e. The Balaban J connectivity index is 2.22. The summed E-state index contributed by atoms with van der Waals surface area (Å²) in [6.45, 7) is 15.0. The van der Waals surface area contributed by atoms with Crippen LogP contribution < -0.4 is 10.6 Å². The van der Waals surface area contributed by atoms with E-state index in [9.17, 15) is 0 Å². The molecular formula is C15H33N3. The summed E-state index contributed by atoms with van der Waals surface area (Å²) in [6.07, 6.45) is 5.36. The predicted molar refractivity (Wildman–Crippen MR) is 80.1 cm³/mol. The molecule has 0 bridgehead atoms. The molecule has 0 amide bonds. The summed E-state index contributed by atoms with van der Waals surface area (Å²) in [6, 6.07) is 0.652. The van der Waals surface area contributed by atoms with Gasteiger partial charge in [-0.15, -0.1) is 0 Å². The quantitative estimate of drug-likeness (QED) is 0.651. The predicted octanol–water partition coefficient (Wildman–Crippen LogP) is 2.23. The third-order valence-corrected chi connectivity index (χ3v) is 4.10. The maximum absolute atomic E-state index is 3.72. The average molecular weight is 255 g/mol. The lowest BCUT2D eigenvalue weighted by Gasteiger charge is -2.42. The van der Waals surface area contributed by atoms with Crippen molar-refractivity contribution in [2.45, 2.75) is 65.0 Å². The van der Waals surface area contributed by atoms with Gasteiger partial charge in [-0.1, -0.05) is 26.2 Å². The normalized spacial score (nSPS) is 20.0. The number of hydrogen-bond acceptors (Lipinski definition) is 3. The van der Waals surface area contributed by atoms with Crippen molar-refractivity contribution >= 4 is 0 Å². The number of unbranched alkanes of at least 4 members (excludes halogenated alkanes) is 2. The summed E-state index contributed by atoms with van der Waals surface area (Å²) in [4.78, 5) is 2.61. The number of hydrogen-bond donors (Lipinski definition) is 2. The van der Waals surface area contributed by atoms with Crippen LogP contribution in [0.3, 0.4) is 0 Å². The molecule has 108 valence electrons. The van der Waals surface area contributed by atoms with Crippen LogP contribution in [0.15, 0.2) is 0 Å². The first kappa shape index (κ1) is 15.9. The molecule has 1 heterocycles. The topological polar surface area (TPSA) is 27.3 Å². The molecule has 0 radical (unpaired) electrons. The Labute approximate surface area is 114 Å². The Morgan fingerprint density at radius 1 is 1.22 bits per heavy atom.